The first-order valence-corrected chi connectivity index (χ1v) is 9.15. The van der Waals surface area contributed by atoms with Gasteiger partial charge in [-0.2, -0.15) is 0 Å². The van der Waals surface area contributed by atoms with Crippen molar-refractivity contribution in [3.8, 4) is 0 Å². The maximum Gasteiger partial charge on any atom is 0.262 e. The molecule has 122 valence electrons. The van der Waals surface area contributed by atoms with E-state index in [1.165, 1.54) is 11.3 Å². The Kier molecular flexibility index (Phi) is 3.34. The SMILES string of the molecule is Cc1c(C(=O)NC2(C)CCCC2)sc2nc3n(c(=O)c12)CCC3. The van der Waals surface area contributed by atoms with Crippen LogP contribution in [0.1, 0.15) is 60.1 Å². The number of thiophene rings is 1. The van der Waals surface area contributed by atoms with Crippen molar-refractivity contribution in [2.24, 2.45) is 0 Å². The summed E-state index contributed by atoms with van der Waals surface area (Å²) < 4.78 is 1.77. The maximum absolute atomic E-state index is 12.7. The number of carbonyl (C=O) groups is 1. The van der Waals surface area contributed by atoms with Gasteiger partial charge in [-0.25, -0.2) is 4.98 Å². The minimum Gasteiger partial charge on any atom is -0.346 e. The molecule has 1 saturated carbocycles. The van der Waals surface area contributed by atoms with Gasteiger partial charge in [0.15, 0.2) is 0 Å². The van der Waals surface area contributed by atoms with E-state index in [0.29, 0.717) is 15.1 Å². The summed E-state index contributed by atoms with van der Waals surface area (Å²) in [6.45, 7) is 4.73. The van der Waals surface area contributed by atoms with Gasteiger partial charge in [-0.15, -0.1) is 11.3 Å². The third-order valence-corrected chi connectivity index (χ3v) is 6.42. The molecule has 3 heterocycles. The molecule has 1 fully saturated rings. The summed E-state index contributed by atoms with van der Waals surface area (Å²) in [7, 11) is 0. The van der Waals surface area contributed by atoms with E-state index in [2.05, 4.69) is 17.2 Å². The number of aromatic nitrogens is 2. The first kappa shape index (κ1) is 14.9. The van der Waals surface area contributed by atoms with Crippen LogP contribution >= 0.6 is 11.3 Å². The third kappa shape index (κ3) is 2.31. The molecule has 2 aliphatic rings. The fourth-order valence-corrected chi connectivity index (χ4v) is 4.99. The van der Waals surface area contributed by atoms with Crippen LogP contribution in [-0.2, 0) is 13.0 Å². The molecule has 2 aromatic heterocycles. The molecular weight excluding hydrogens is 310 g/mol. The van der Waals surface area contributed by atoms with Crippen LogP contribution in [0.25, 0.3) is 10.2 Å². The molecule has 0 aromatic carbocycles. The van der Waals surface area contributed by atoms with Crippen molar-refractivity contribution in [3.05, 3.63) is 26.6 Å². The van der Waals surface area contributed by atoms with Crippen LogP contribution in [0.4, 0.5) is 0 Å². The summed E-state index contributed by atoms with van der Waals surface area (Å²) in [6.07, 6.45) is 6.21. The van der Waals surface area contributed by atoms with E-state index in [1.807, 2.05) is 6.92 Å². The molecule has 4 rings (SSSR count). The van der Waals surface area contributed by atoms with E-state index < -0.39 is 0 Å². The number of carbonyl (C=O) groups excluding carboxylic acids is 1. The second-order valence-electron chi connectivity index (χ2n) is 7.05. The van der Waals surface area contributed by atoms with Crippen LogP contribution in [0.5, 0.6) is 0 Å². The van der Waals surface area contributed by atoms with E-state index >= 15 is 0 Å². The minimum absolute atomic E-state index is 0.0161. The Morgan fingerprint density at radius 2 is 2.04 bits per heavy atom. The van der Waals surface area contributed by atoms with Gasteiger partial charge in [0.2, 0.25) is 0 Å². The summed E-state index contributed by atoms with van der Waals surface area (Å²) in [5.41, 5.74) is 0.690. The predicted octanol–water partition coefficient (Wildman–Crippen LogP) is 2.78. The number of nitrogens with zero attached hydrogens (tertiary/aromatic N) is 2. The van der Waals surface area contributed by atoms with E-state index in [1.54, 1.807) is 4.57 Å². The van der Waals surface area contributed by atoms with Crippen molar-refractivity contribution >= 4 is 27.5 Å². The Morgan fingerprint density at radius 1 is 1.30 bits per heavy atom. The van der Waals surface area contributed by atoms with Crippen LogP contribution in [0.2, 0.25) is 0 Å². The third-order valence-electron chi connectivity index (χ3n) is 5.24. The molecule has 1 aliphatic heterocycles. The molecule has 0 unspecified atom stereocenters. The van der Waals surface area contributed by atoms with Gasteiger partial charge in [-0.1, -0.05) is 12.8 Å². The summed E-state index contributed by atoms with van der Waals surface area (Å²) in [4.78, 5) is 31.4. The van der Waals surface area contributed by atoms with Crippen molar-refractivity contribution in [1.82, 2.24) is 14.9 Å². The van der Waals surface area contributed by atoms with E-state index in [4.69, 9.17) is 0 Å². The topological polar surface area (TPSA) is 64.0 Å². The number of fused-ring (bicyclic) bond motifs is 2. The van der Waals surface area contributed by atoms with E-state index in [0.717, 1.165) is 56.5 Å². The van der Waals surface area contributed by atoms with Gasteiger partial charge in [0.25, 0.3) is 11.5 Å². The second-order valence-corrected chi connectivity index (χ2v) is 8.05. The van der Waals surface area contributed by atoms with Crippen LogP contribution in [0.15, 0.2) is 4.79 Å². The largest absolute Gasteiger partial charge is 0.346 e. The molecule has 1 amide bonds. The monoisotopic (exact) mass is 331 g/mol. The lowest BCUT2D eigenvalue weighted by atomic mass is 10.0. The van der Waals surface area contributed by atoms with Gasteiger partial charge in [-0.3, -0.25) is 14.2 Å². The van der Waals surface area contributed by atoms with Gasteiger partial charge in [-0.05, 0) is 38.7 Å². The fourth-order valence-electron chi connectivity index (χ4n) is 3.90. The molecule has 6 heteroatoms. The molecule has 0 bridgehead atoms. The average Bonchev–Trinajstić information content (AvgIpc) is 3.19. The summed E-state index contributed by atoms with van der Waals surface area (Å²) in [6, 6.07) is 0. The number of hydrogen-bond acceptors (Lipinski definition) is 4. The molecule has 2 aromatic rings. The summed E-state index contributed by atoms with van der Waals surface area (Å²) >= 11 is 1.36. The molecular formula is C17H21N3O2S. The quantitative estimate of drug-likeness (QED) is 0.920. The molecule has 0 saturated heterocycles. The highest BCUT2D eigenvalue weighted by Crippen LogP contribution is 2.32. The summed E-state index contributed by atoms with van der Waals surface area (Å²) in [5, 5.41) is 3.81. The molecule has 0 atom stereocenters. The lowest BCUT2D eigenvalue weighted by Gasteiger charge is -2.25. The zero-order valence-corrected chi connectivity index (χ0v) is 14.4. The van der Waals surface area contributed by atoms with Crippen molar-refractivity contribution in [2.75, 3.05) is 0 Å². The van der Waals surface area contributed by atoms with E-state index in [-0.39, 0.29) is 17.0 Å². The molecule has 1 aliphatic carbocycles. The van der Waals surface area contributed by atoms with Gasteiger partial charge in [0, 0.05) is 18.5 Å². The van der Waals surface area contributed by atoms with Crippen LogP contribution < -0.4 is 10.9 Å². The lowest BCUT2D eigenvalue weighted by Crippen LogP contribution is -2.43. The zero-order chi connectivity index (χ0) is 16.2. The summed E-state index contributed by atoms with van der Waals surface area (Å²) in [5.74, 6) is 0.804. The Labute approximate surface area is 138 Å². The number of hydrogen-bond donors (Lipinski definition) is 1. The second kappa shape index (κ2) is 5.16. The number of amides is 1. The average molecular weight is 331 g/mol. The van der Waals surface area contributed by atoms with Crippen LogP contribution in [0, 0.1) is 6.92 Å². The standard InChI is InChI=1S/C17H21N3O2S/c1-10-12-15(18-11-6-5-9-20(11)16(12)22)23-13(10)14(21)19-17(2)7-3-4-8-17/h3-9H2,1-2H3,(H,19,21). The first-order valence-electron chi connectivity index (χ1n) is 8.34. The molecule has 0 spiro atoms. The van der Waals surface area contributed by atoms with Crippen molar-refractivity contribution in [2.45, 2.75) is 64.5 Å². The normalized spacial score (nSPS) is 19.2. The Balaban J connectivity index is 1.76. The number of nitrogens with one attached hydrogen (secondary N) is 1. The van der Waals surface area contributed by atoms with Gasteiger partial charge >= 0.3 is 0 Å². The van der Waals surface area contributed by atoms with Gasteiger partial charge in [0.05, 0.1) is 10.3 Å². The van der Waals surface area contributed by atoms with Gasteiger partial charge in [0.1, 0.15) is 10.7 Å². The highest BCUT2D eigenvalue weighted by Gasteiger charge is 2.32. The highest BCUT2D eigenvalue weighted by atomic mass is 32.1. The Hall–Kier alpha value is -1.69. The van der Waals surface area contributed by atoms with Crippen LogP contribution in [0.3, 0.4) is 0 Å². The lowest BCUT2D eigenvalue weighted by molar-refractivity contribution is 0.0912. The molecule has 23 heavy (non-hydrogen) atoms. The number of aryl methyl sites for hydroxylation is 2. The Morgan fingerprint density at radius 3 is 2.78 bits per heavy atom. The minimum atomic E-state index is -0.107. The predicted molar refractivity (Wildman–Crippen MR) is 91.3 cm³/mol. The molecule has 0 radical (unpaired) electrons. The van der Waals surface area contributed by atoms with Crippen molar-refractivity contribution < 1.29 is 4.79 Å². The van der Waals surface area contributed by atoms with Gasteiger partial charge < -0.3 is 5.32 Å². The zero-order valence-electron chi connectivity index (χ0n) is 13.6. The maximum atomic E-state index is 12.7. The molecule has 1 N–H and O–H groups in total. The van der Waals surface area contributed by atoms with Crippen LogP contribution in [-0.4, -0.2) is 21.0 Å². The Bertz CT molecular complexity index is 859. The number of rotatable bonds is 2. The highest BCUT2D eigenvalue weighted by molar-refractivity contribution is 7.20. The molecule has 5 nitrogen and oxygen atoms in total. The first-order chi connectivity index (χ1) is 11.0. The smallest absolute Gasteiger partial charge is 0.262 e. The van der Waals surface area contributed by atoms with E-state index in [9.17, 15) is 9.59 Å². The van der Waals surface area contributed by atoms with Crippen molar-refractivity contribution in [1.29, 1.82) is 0 Å². The fraction of sp³-hybridized carbons (Fsp3) is 0.588. The van der Waals surface area contributed by atoms with Crippen molar-refractivity contribution in [3.63, 3.8) is 0 Å².